The average Bonchev–Trinajstić information content (AvgIpc) is 3.43. The van der Waals surface area contributed by atoms with E-state index in [1.54, 1.807) is 0 Å². The monoisotopic (exact) mass is 392 g/mol. The van der Waals surface area contributed by atoms with E-state index >= 15 is 0 Å². The van der Waals surface area contributed by atoms with E-state index in [0.717, 1.165) is 12.8 Å². The van der Waals surface area contributed by atoms with Gasteiger partial charge in [-0.25, -0.2) is 0 Å². The molecule has 5 aliphatic rings. The van der Waals surface area contributed by atoms with Crippen molar-refractivity contribution in [3.63, 3.8) is 0 Å². The Labute approximate surface area is 171 Å². The summed E-state index contributed by atoms with van der Waals surface area (Å²) < 4.78 is 6.36. The van der Waals surface area contributed by atoms with Gasteiger partial charge in [-0.1, -0.05) is 62.1 Å². The van der Waals surface area contributed by atoms with E-state index in [-0.39, 0.29) is 29.8 Å². The van der Waals surface area contributed by atoms with Crippen LogP contribution in [-0.2, 0) is 27.4 Å². The molecule has 4 atom stereocenters. The number of likely N-dealkylation sites (tertiary alicyclic amines) is 1. The van der Waals surface area contributed by atoms with Crippen molar-refractivity contribution < 1.29 is 14.3 Å². The maximum atomic E-state index is 13.6. The molecule has 5 nitrogen and oxygen atoms in total. The third kappa shape index (κ3) is 2.56. The fourth-order valence-corrected chi connectivity index (χ4v) is 6.39. The van der Waals surface area contributed by atoms with Crippen LogP contribution in [0.15, 0.2) is 36.4 Å². The zero-order chi connectivity index (χ0) is 19.6. The summed E-state index contributed by atoms with van der Waals surface area (Å²) in [6, 6.07) is 8.55. The van der Waals surface area contributed by atoms with Gasteiger partial charge >= 0.3 is 0 Å². The van der Waals surface area contributed by atoms with E-state index < -0.39 is 5.60 Å². The van der Waals surface area contributed by atoms with Crippen LogP contribution < -0.4 is 0 Å². The molecule has 0 N–H and O–H groups in total. The summed E-state index contributed by atoms with van der Waals surface area (Å²) in [6.07, 6.45) is 11.0. The molecule has 152 valence electrons. The molecule has 1 aromatic carbocycles. The number of carbonyl (C=O) groups is 2. The number of hydrogen-bond acceptors (Lipinski definition) is 3. The first kappa shape index (κ1) is 17.7. The van der Waals surface area contributed by atoms with Crippen molar-refractivity contribution in [2.75, 3.05) is 6.54 Å². The fraction of sp³-hybridized carbons (Fsp3) is 0.583. The first-order chi connectivity index (χ1) is 14.2. The lowest BCUT2D eigenvalue weighted by molar-refractivity contribution is -0.144. The lowest BCUT2D eigenvalue weighted by Crippen LogP contribution is -2.45. The number of benzene rings is 1. The maximum absolute atomic E-state index is 13.6. The predicted octanol–water partition coefficient (Wildman–Crippen LogP) is 3.03. The van der Waals surface area contributed by atoms with E-state index in [1.165, 1.54) is 36.8 Å². The molecule has 1 spiro atoms. The largest absolute Gasteiger partial charge is 0.360 e. The molecule has 0 radical (unpaired) electrons. The van der Waals surface area contributed by atoms with Gasteiger partial charge in [0, 0.05) is 19.1 Å². The first-order valence-corrected chi connectivity index (χ1v) is 11.2. The fourth-order valence-electron chi connectivity index (χ4n) is 6.39. The summed E-state index contributed by atoms with van der Waals surface area (Å²) in [6.45, 7) is 1.91. The zero-order valence-corrected chi connectivity index (χ0v) is 16.8. The van der Waals surface area contributed by atoms with Crippen molar-refractivity contribution in [2.45, 2.75) is 69.4 Å². The molecule has 3 fully saturated rings. The molecular formula is C24H28N2O3. The third-order valence-corrected chi connectivity index (χ3v) is 7.83. The van der Waals surface area contributed by atoms with Gasteiger partial charge in [0.2, 0.25) is 11.8 Å². The van der Waals surface area contributed by atoms with Crippen molar-refractivity contribution in [2.24, 2.45) is 11.8 Å². The van der Waals surface area contributed by atoms with Crippen LogP contribution >= 0.6 is 0 Å². The van der Waals surface area contributed by atoms with Gasteiger partial charge in [0.15, 0.2) is 0 Å². The van der Waals surface area contributed by atoms with Gasteiger partial charge in [-0.3, -0.25) is 9.59 Å². The Hall–Kier alpha value is -2.14. The van der Waals surface area contributed by atoms with Crippen molar-refractivity contribution in [3.05, 3.63) is 47.5 Å². The van der Waals surface area contributed by atoms with Crippen LogP contribution in [0, 0.1) is 11.8 Å². The second-order valence-electron chi connectivity index (χ2n) is 9.47. The molecule has 4 heterocycles. The van der Waals surface area contributed by atoms with Crippen molar-refractivity contribution in [1.29, 1.82) is 0 Å². The van der Waals surface area contributed by atoms with Gasteiger partial charge in [-0.15, -0.1) is 0 Å². The molecular weight excluding hydrogens is 364 g/mol. The Morgan fingerprint density at radius 1 is 1.03 bits per heavy atom. The molecule has 1 aliphatic carbocycles. The lowest BCUT2D eigenvalue weighted by Gasteiger charge is -2.30. The van der Waals surface area contributed by atoms with Gasteiger partial charge in [0.1, 0.15) is 5.60 Å². The second kappa shape index (κ2) is 6.43. The number of ether oxygens (including phenoxy) is 1. The normalized spacial score (nSPS) is 35.9. The highest BCUT2D eigenvalue weighted by atomic mass is 16.5. The molecule has 2 saturated heterocycles. The van der Waals surface area contributed by atoms with E-state index in [0.29, 0.717) is 25.7 Å². The topological polar surface area (TPSA) is 49.9 Å². The predicted molar refractivity (Wildman–Crippen MR) is 108 cm³/mol. The minimum atomic E-state index is -0.582. The highest BCUT2D eigenvalue weighted by molar-refractivity contribution is 5.93. The zero-order valence-electron chi connectivity index (χ0n) is 16.8. The van der Waals surface area contributed by atoms with Crippen LogP contribution in [0.5, 0.6) is 0 Å². The highest BCUT2D eigenvalue weighted by Gasteiger charge is 2.67. The Balaban J connectivity index is 1.26. The molecule has 4 aliphatic heterocycles. The number of hydrogen-bond donors (Lipinski definition) is 0. The Kier molecular flexibility index (Phi) is 3.92. The summed E-state index contributed by atoms with van der Waals surface area (Å²) in [7, 11) is 0. The van der Waals surface area contributed by atoms with Gasteiger partial charge in [0.25, 0.3) is 0 Å². The van der Waals surface area contributed by atoms with E-state index in [9.17, 15) is 9.59 Å². The van der Waals surface area contributed by atoms with Gasteiger partial charge in [-0.2, -0.15) is 0 Å². The Morgan fingerprint density at radius 2 is 1.72 bits per heavy atom. The van der Waals surface area contributed by atoms with Crippen LogP contribution in [0.2, 0.25) is 0 Å². The Bertz CT molecular complexity index is 863. The van der Waals surface area contributed by atoms with E-state index in [2.05, 4.69) is 23.1 Å². The molecule has 1 aromatic rings. The molecule has 1 saturated carbocycles. The number of fused-ring (bicyclic) bond motifs is 2. The SMILES string of the molecule is O=C(C1C2C(=O)N(C3CCCCCC3)C[C@@]23C=C[C@@H]1O3)N1Cc2ccccc2C1. The second-order valence-corrected chi connectivity index (χ2v) is 9.47. The summed E-state index contributed by atoms with van der Waals surface area (Å²) in [5, 5.41) is 0. The molecule has 0 aromatic heterocycles. The molecule has 2 bridgehead atoms. The van der Waals surface area contributed by atoms with E-state index in [4.69, 9.17) is 4.74 Å². The summed E-state index contributed by atoms with van der Waals surface area (Å²) in [5.41, 5.74) is 1.85. The van der Waals surface area contributed by atoms with Gasteiger partial charge < -0.3 is 14.5 Å². The first-order valence-electron chi connectivity index (χ1n) is 11.2. The van der Waals surface area contributed by atoms with Crippen molar-refractivity contribution in [1.82, 2.24) is 9.80 Å². The lowest BCUT2D eigenvalue weighted by atomic mass is 9.76. The molecule has 29 heavy (non-hydrogen) atoms. The van der Waals surface area contributed by atoms with Crippen LogP contribution in [0.25, 0.3) is 0 Å². The molecule has 6 rings (SSSR count). The van der Waals surface area contributed by atoms with Gasteiger partial charge in [0.05, 0.1) is 24.5 Å². The van der Waals surface area contributed by atoms with Crippen molar-refractivity contribution in [3.8, 4) is 0 Å². The summed E-state index contributed by atoms with van der Waals surface area (Å²) >= 11 is 0. The Morgan fingerprint density at radius 3 is 2.41 bits per heavy atom. The number of carbonyl (C=O) groups excluding carboxylic acids is 2. The number of amides is 2. The molecule has 5 heteroatoms. The summed E-state index contributed by atoms with van der Waals surface area (Å²) in [5.74, 6) is -0.494. The third-order valence-electron chi connectivity index (χ3n) is 7.83. The van der Waals surface area contributed by atoms with Crippen LogP contribution in [-0.4, -0.2) is 45.9 Å². The minimum absolute atomic E-state index is 0.0819. The quantitative estimate of drug-likeness (QED) is 0.574. The standard InChI is InChI=1S/C24H28N2O3/c27-22(25-13-16-7-5-6-8-17(16)14-25)20-19-11-12-24(29-19)15-26(23(28)21(20)24)18-9-3-1-2-4-10-18/h5-8,11-12,18-21H,1-4,9-10,13-15H2/t19-,20?,21?,24-/m0/s1. The molecule has 2 unspecified atom stereocenters. The van der Waals surface area contributed by atoms with Crippen LogP contribution in [0.3, 0.4) is 0 Å². The van der Waals surface area contributed by atoms with Crippen LogP contribution in [0.1, 0.15) is 49.7 Å². The number of rotatable bonds is 2. The van der Waals surface area contributed by atoms with Crippen molar-refractivity contribution >= 4 is 11.8 Å². The number of nitrogens with zero attached hydrogens (tertiary/aromatic N) is 2. The molecule has 2 amide bonds. The minimum Gasteiger partial charge on any atom is -0.360 e. The van der Waals surface area contributed by atoms with Crippen LogP contribution in [0.4, 0.5) is 0 Å². The van der Waals surface area contributed by atoms with Gasteiger partial charge in [-0.05, 0) is 24.0 Å². The smallest absolute Gasteiger partial charge is 0.230 e. The maximum Gasteiger partial charge on any atom is 0.230 e. The van der Waals surface area contributed by atoms with E-state index in [1.807, 2.05) is 23.1 Å². The average molecular weight is 392 g/mol. The highest BCUT2D eigenvalue weighted by Crippen LogP contribution is 2.53. The summed E-state index contributed by atoms with van der Waals surface area (Å²) in [4.78, 5) is 31.1.